The topological polar surface area (TPSA) is 38.4 Å². The fourth-order valence-corrected chi connectivity index (χ4v) is 3.45. The third-order valence-electron chi connectivity index (χ3n) is 2.70. The fraction of sp³-hybridized carbons (Fsp3) is 0.364. The lowest BCUT2D eigenvalue weighted by Gasteiger charge is -2.30. The molecule has 2 rings (SSSR count). The van der Waals surface area contributed by atoms with Crippen molar-refractivity contribution < 1.29 is 0 Å². The molecule has 0 amide bonds. The van der Waals surface area contributed by atoms with Crippen molar-refractivity contribution in [3.63, 3.8) is 0 Å². The number of nitrogens with two attached hydrogens (primary N) is 1. The molecule has 0 aromatic heterocycles. The van der Waals surface area contributed by atoms with Crippen molar-refractivity contribution in [2.24, 2.45) is 10.7 Å². The first kappa shape index (κ1) is 12.3. The molecule has 1 aliphatic rings. The van der Waals surface area contributed by atoms with E-state index in [1.807, 2.05) is 18.2 Å². The van der Waals surface area contributed by atoms with Crippen molar-refractivity contribution >= 4 is 44.5 Å². The van der Waals surface area contributed by atoms with Crippen LogP contribution in [-0.4, -0.2) is 10.9 Å². The van der Waals surface area contributed by atoms with E-state index in [0.717, 1.165) is 27.2 Å². The van der Waals surface area contributed by atoms with Crippen LogP contribution in [-0.2, 0) is 5.54 Å². The van der Waals surface area contributed by atoms with Crippen molar-refractivity contribution in [1.82, 2.24) is 0 Å². The fourth-order valence-electron chi connectivity index (χ4n) is 1.79. The van der Waals surface area contributed by atoms with Crippen LogP contribution in [0.15, 0.2) is 27.7 Å². The summed E-state index contributed by atoms with van der Waals surface area (Å²) in [7, 11) is 0. The molecule has 86 valence electrons. The average molecular weight is 320 g/mol. The molecule has 1 atom stereocenters. The maximum atomic E-state index is 6.23. The second kappa shape index (κ2) is 4.59. The molecule has 2 nitrogen and oxygen atoms in total. The largest absolute Gasteiger partial charge is 0.379 e. The molecule has 0 radical (unpaired) electrons. The minimum Gasteiger partial charge on any atom is -0.379 e. The Balaban J connectivity index is 2.50. The highest BCUT2D eigenvalue weighted by Crippen LogP contribution is 2.39. The van der Waals surface area contributed by atoms with Crippen LogP contribution >= 0.6 is 39.3 Å². The first-order chi connectivity index (χ1) is 7.51. The van der Waals surface area contributed by atoms with Crippen LogP contribution in [0.5, 0.6) is 0 Å². The van der Waals surface area contributed by atoms with Gasteiger partial charge in [-0.3, -0.25) is 4.99 Å². The SMILES string of the molecule is C[C@@]1(c2cc(Br)ccc2Cl)CCSC(N)=N1. The van der Waals surface area contributed by atoms with Gasteiger partial charge in [-0.1, -0.05) is 39.3 Å². The summed E-state index contributed by atoms with van der Waals surface area (Å²) in [5, 5.41) is 1.39. The lowest BCUT2D eigenvalue weighted by molar-refractivity contribution is 0.482. The van der Waals surface area contributed by atoms with Crippen molar-refractivity contribution in [3.8, 4) is 0 Å². The van der Waals surface area contributed by atoms with Crippen molar-refractivity contribution in [1.29, 1.82) is 0 Å². The summed E-state index contributed by atoms with van der Waals surface area (Å²) < 4.78 is 1.01. The van der Waals surface area contributed by atoms with E-state index in [4.69, 9.17) is 17.3 Å². The smallest absolute Gasteiger partial charge is 0.154 e. The zero-order valence-electron chi connectivity index (χ0n) is 8.84. The maximum absolute atomic E-state index is 6.23. The molecule has 1 heterocycles. The predicted octanol–water partition coefficient (Wildman–Crippen LogP) is 3.77. The Labute approximate surface area is 113 Å². The highest BCUT2D eigenvalue weighted by molar-refractivity contribution is 9.10. The molecule has 1 aromatic carbocycles. The van der Waals surface area contributed by atoms with E-state index < -0.39 is 0 Å². The summed E-state index contributed by atoms with van der Waals surface area (Å²) in [4.78, 5) is 4.54. The Morgan fingerprint density at radius 1 is 1.56 bits per heavy atom. The quantitative estimate of drug-likeness (QED) is 0.855. The molecule has 0 bridgehead atoms. The van der Waals surface area contributed by atoms with Crippen LogP contribution in [0.1, 0.15) is 18.9 Å². The molecule has 0 aliphatic carbocycles. The molecule has 0 saturated carbocycles. The van der Waals surface area contributed by atoms with Crippen LogP contribution in [0, 0.1) is 0 Å². The lowest BCUT2D eigenvalue weighted by atomic mass is 9.90. The summed E-state index contributed by atoms with van der Waals surface area (Å²) in [5.74, 6) is 0.981. The molecule has 0 fully saturated rings. The summed E-state index contributed by atoms with van der Waals surface area (Å²) in [5.41, 5.74) is 6.53. The second-order valence-corrected chi connectivity index (χ2v) is 6.38. The van der Waals surface area contributed by atoms with Crippen LogP contribution in [0.4, 0.5) is 0 Å². The van der Waals surface area contributed by atoms with Crippen LogP contribution in [0.25, 0.3) is 0 Å². The van der Waals surface area contributed by atoms with Gasteiger partial charge < -0.3 is 5.73 Å². The van der Waals surface area contributed by atoms with Crippen LogP contribution in [0.2, 0.25) is 5.02 Å². The molecule has 0 unspecified atom stereocenters. The van der Waals surface area contributed by atoms with E-state index in [-0.39, 0.29) is 5.54 Å². The number of benzene rings is 1. The van der Waals surface area contributed by atoms with E-state index in [9.17, 15) is 0 Å². The molecule has 16 heavy (non-hydrogen) atoms. The average Bonchev–Trinajstić information content (AvgIpc) is 2.21. The molecule has 2 N–H and O–H groups in total. The van der Waals surface area contributed by atoms with Gasteiger partial charge in [0.25, 0.3) is 0 Å². The van der Waals surface area contributed by atoms with Crippen molar-refractivity contribution in [2.45, 2.75) is 18.9 Å². The number of hydrogen-bond donors (Lipinski definition) is 1. The number of amidine groups is 1. The molecule has 5 heteroatoms. The molecular formula is C11H12BrClN2S. The van der Waals surface area contributed by atoms with Gasteiger partial charge >= 0.3 is 0 Å². The standard InChI is InChI=1S/C11H12BrClN2S/c1-11(4-5-16-10(14)15-11)8-6-7(12)2-3-9(8)13/h2-3,6H,4-5H2,1H3,(H2,14,15)/t11-/m0/s1. The lowest BCUT2D eigenvalue weighted by Crippen LogP contribution is -2.29. The number of aliphatic imine (C=N–C) groups is 1. The number of nitrogens with zero attached hydrogens (tertiary/aromatic N) is 1. The van der Waals surface area contributed by atoms with E-state index in [1.54, 1.807) is 11.8 Å². The molecule has 0 spiro atoms. The predicted molar refractivity (Wildman–Crippen MR) is 75.2 cm³/mol. The summed E-state index contributed by atoms with van der Waals surface area (Å²) in [6, 6.07) is 5.84. The Hall–Kier alpha value is -0.190. The van der Waals surface area contributed by atoms with E-state index in [2.05, 4.69) is 27.8 Å². The maximum Gasteiger partial charge on any atom is 0.154 e. The van der Waals surface area contributed by atoms with Gasteiger partial charge in [-0.05, 0) is 37.1 Å². The van der Waals surface area contributed by atoms with Gasteiger partial charge in [0.1, 0.15) is 0 Å². The van der Waals surface area contributed by atoms with Gasteiger partial charge in [0.15, 0.2) is 5.17 Å². The molecule has 1 aromatic rings. The zero-order valence-corrected chi connectivity index (χ0v) is 12.0. The van der Waals surface area contributed by atoms with E-state index in [1.165, 1.54) is 0 Å². The molecular weight excluding hydrogens is 308 g/mol. The number of thioether (sulfide) groups is 1. The first-order valence-corrected chi connectivity index (χ1v) is 7.10. The van der Waals surface area contributed by atoms with Gasteiger partial charge in [-0.15, -0.1) is 0 Å². The van der Waals surface area contributed by atoms with Gasteiger partial charge in [0, 0.05) is 15.2 Å². The van der Waals surface area contributed by atoms with Gasteiger partial charge in [0.2, 0.25) is 0 Å². The van der Waals surface area contributed by atoms with Gasteiger partial charge in [-0.25, -0.2) is 0 Å². The minimum absolute atomic E-state index is 0.295. The minimum atomic E-state index is -0.295. The number of rotatable bonds is 1. The third-order valence-corrected chi connectivity index (χ3v) is 4.32. The van der Waals surface area contributed by atoms with E-state index in [0.29, 0.717) is 5.17 Å². The van der Waals surface area contributed by atoms with Crippen LogP contribution < -0.4 is 5.73 Å². The molecule has 0 saturated heterocycles. The monoisotopic (exact) mass is 318 g/mol. The summed E-state index contributed by atoms with van der Waals surface area (Å²) in [6.45, 7) is 2.08. The third kappa shape index (κ3) is 2.39. The normalized spacial score (nSPS) is 25.3. The van der Waals surface area contributed by atoms with Gasteiger partial charge in [-0.2, -0.15) is 0 Å². The summed E-state index contributed by atoms with van der Waals surface area (Å²) in [6.07, 6.45) is 0.953. The molecule has 1 aliphatic heterocycles. The van der Waals surface area contributed by atoms with Gasteiger partial charge in [0.05, 0.1) is 5.54 Å². The second-order valence-electron chi connectivity index (χ2n) is 3.95. The highest BCUT2D eigenvalue weighted by Gasteiger charge is 2.31. The number of hydrogen-bond acceptors (Lipinski definition) is 3. The number of halogens is 2. The highest BCUT2D eigenvalue weighted by atomic mass is 79.9. The Kier molecular flexibility index (Phi) is 3.52. The zero-order chi connectivity index (χ0) is 11.8. The van der Waals surface area contributed by atoms with Crippen molar-refractivity contribution in [3.05, 3.63) is 33.3 Å². The summed E-state index contributed by atoms with van der Waals surface area (Å²) >= 11 is 11.3. The Bertz CT molecular complexity index is 450. The Morgan fingerprint density at radius 3 is 3.00 bits per heavy atom. The van der Waals surface area contributed by atoms with Crippen molar-refractivity contribution in [2.75, 3.05) is 5.75 Å². The van der Waals surface area contributed by atoms with Crippen LogP contribution in [0.3, 0.4) is 0 Å². The van der Waals surface area contributed by atoms with E-state index >= 15 is 0 Å². The Morgan fingerprint density at radius 2 is 2.31 bits per heavy atom. The first-order valence-electron chi connectivity index (χ1n) is 4.95.